The van der Waals surface area contributed by atoms with Gasteiger partial charge in [0.15, 0.2) is 11.5 Å². The Bertz CT molecular complexity index is 404. The van der Waals surface area contributed by atoms with Gasteiger partial charge in [0.1, 0.15) is 0 Å². The van der Waals surface area contributed by atoms with Gasteiger partial charge in [0.05, 0.1) is 20.3 Å². The minimum atomic E-state index is -1.44. The molecule has 100 valence electrons. The van der Waals surface area contributed by atoms with Crippen molar-refractivity contribution in [1.29, 1.82) is 0 Å². The maximum Gasteiger partial charge on any atom is 0.352 e. The average molecular weight is 254 g/mol. The molecule has 1 rings (SSSR count). The number of benzene rings is 1. The van der Waals surface area contributed by atoms with E-state index in [1.165, 1.54) is 14.0 Å². The zero-order valence-corrected chi connectivity index (χ0v) is 10.8. The summed E-state index contributed by atoms with van der Waals surface area (Å²) < 4.78 is 15.5. The molecule has 0 aliphatic carbocycles. The lowest BCUT2D eigenvalue weighted by Gasteiger charge is -2.26. The maximum atomic E-state index is 11.8. The predicted octanol–water partition coefficient (Wildman–Crippen LogP) is 1.39. The molecule has 0 heterocycles. The molecular formula is C13H18O5. The molecular weight excluding hydrogens is 236 g/mol. The molecule has 18 heavy (non-hydrogen) atoms. The van der Waals surface area contributed by atoms with Crippen molar-refractivity contribution in [3.8, 4) is 11.5 Å². The molecule has 0 radical (unpaired) electrons. The fourth-order valence-corrected chi connectivity index (χ4v) is 1.37. The second kappa shape index (κ2) is 6.26. The summed E-state index contributed by atoms with van der Waals surface area (Å²) in [5, 5.41) is 9.34. The van der Waals surface area contributed by atoms with Gasteiger partial charge in [-0.3, -0.25) is 0 Å². The van der Waals surface area contributed by atoms with Crippen molar-refractivity contribution in [3.63, 3.8) is 0 Å². The fourth-order valence-electron chi connectivity index (χ4n) is 1.37. The highest BCUT2D eigenvalue weighted by molar-refractivity contribution is 5.79. The van der Waals surface area contributed by atoms with Crippen LogP contribution < -0.4 is 9.47 Å². The Labute approximate surface area is 106 Å². The smallest absolute Gasteiger partial charge is 0.352 e. The van der Waals surface area contributed by atoms with Crippen LogP contribution in [-0.2, 0) is 9.53 Å². The Kier molecular flexibility index (Phi) is 4.97. The molecule has 0 saturated carbocycles. The highest BCUT2D eigenvalue weighted by Gasteiger charge is 2.37. The van der Waals surface area contributed by atoms with Crippen molar-refractivity contribution in [3.05, 3.63) is 24.3 Å². The van der Waals surface area contributed by atoms with Crippen LogP contribution in [0, 0.1) is 0 Å². The van der Waals surface area contributed by atoms with Crippen molar-refractivity contribution >= 4 is 5.97 Å². The molecule has 0 aliphatic rings. The van der Waals surface area contributed by atoms with Crippen LogP contribution in [0.5, 0.6) is 11.5 Å². The first-order chi connectivity index (χ1) is 8.57. The zero-order chi connectivity index (χ0) is 13.6. The SMILES string of the molecule is CCOC(=O)C(C)(CO)Oc1ccccc1OC. The first kappa shape index (κ1) is 14.3. The summed E-state index contributed by atoms with van der Waals surface area (Å²) in [6.07, 6.45) is 0. The molecule has 0 amide bonds. The van der Waals surface area contributed by atoms with E-state index in [9.17, 15) is 9.90 Å². The van der Waals surface area contributed by atoms with Crippen LogP contribution in [0.4, 0.5) is 0 Å². The van der Waals surface area contributed by atoms with Gasteiger partial charge in [-0.2, -0.15) is 0 Å². The number of carbonyl (C=O) groups excluding carboxylic acids is 1. The summed E-state index contributed by atoms with van der Waals surface area (Å²) in [6.45, 7) is 2.91. The number of hydrogen-bond acceptors (Lipinski definition) is 5. The number of hydrogen-bond donors (Lipinski definition) is 1. The van der Waals surface area contributed by atoms with Crippen LogP contribution in [0.2, 0.25) is 0 Å². The van der Waals surface area contributed by atoms with Gasteiger partial charge < -0.3 is 19.3 Å². The molecule has 1 N–H and O–H groups in total. The van der Waals surface area contributed by atoms with Crippen LogP contribution >= 0.6 is 0 Å². The molecule has 0 saturated heterocycles. The molecule has 1 unspecified atom stereocenters. The van der Waals surface area contributed by atoms with Gasteiger partial charge in [0.2, 0.25) is 5.60 Å². The Morgan fingerprint density at radius 1 is 1.33 bits per heavy atom. The monoisotopic (exact) mass is 254 g/mol. The van der Waals surface area contributed by atoms with Crippen LogP contribution in [0.1, 0.15) is 13.8 Å². The van der Waals surface area contributed by atoms with Crippen LogP contribution in [0.15, 0.2) is 24.3 Å². The average Bonchev–Trinajstić information content (AvgIpc) is 2.39. The van der Waals surface area contributed by atoms with E-state index in [2.05, 4.69) is 0 Å². The highest BCUT2D eigenvalue weighted by atomic mass is 16.6. The van der Waals surface area contributed by atoms with E-state index < -0.39 is 18.2 Å². The van der Waals surface area contributed by atoms with Crippen LogP contribution in [0.25, 0.3) is 0 Å². The first-order valence-electron chi connectivity index (χ1n) is 5.67. The van der Waals surface area contributed by atoms with Gasteiger partial charge in [-0.15, -0.1) is 0 Å². The third kappa shape index (κ3) is 3.13. The molecule has 1 aromatic carbocycles. The lowest BCUT2D eigenvalue weighted by Crippen LogP contribution is -2.46. The van der Waals surface area contributed by atoms with E-state index in [0.717, 1.165) is 0 Å². The van der Waals surface area contributed by atoms with Crippen molar-refractivity contribution in [2.75, 3.05) is 20.3 Å². The minimum absolute atomic E-state index is 0.226. The second-order valence-electron chi connectivity index (χ2n) is 3.86. The topological polar surface area (TPSA) is 65.0 Å². The largest absolute Gasteiger partial charge is 0.493 e. The summed E-state index contributed by atoms with van der Waals surface area (Å²) in [6, 6.07) is 6.90. The van der Waals surface area contributed by atoms with Gasteiger partial charge >= 0.3 is 5.97 Å². The van der Waals surface area contributed by atoms with E-state index in [1.807, 2.05) is 0 Å². The highest BCUT2D eigenvalue weighted by Crippen LogP contribution is 2.29. The van der Waals surface area contributed by atoms with Gasteiger partial charge in [-0.1, -0.05) is 12.1 Å². The molecule has 1 aromatic rings. The Morgan fingerprint density at radius 2 is 1.94 bits per heavy atom. The summed E-state index contributed by atoms with van der Waals surface area (Å²) in [5.41, 5.74) is -1.44. The van der Waals surface area contributed by atoms with Crippen LogP contribution in [-0.4, -0.2) is 37.0 Å². The first-order valence-corrected chi connectivity index (χ1v) is 5.67. The van der Waals surface area contributed by atoms with Crippen molar-refractivity contribution < 1.29 is 24.1 Å². The Balaban J connectivity index is 2.94. The standard InChI is InChI=1S/C13H18O5/c1-4-17-12(15)13(2,9-14)18-11-8-6-5-7-10(11)16-3/h5-8,14H,4,9H2,1-3H3. The number of ether oxygens (including phenoxy) is 3. The summed E-state index contributed by atoms with van der Waals surface area (Å²) in [7, 11) is 1.50. The number of para-hydroxylation sites is 2. The summed E-state index contributed by atoms with van der Waals surface area (Å²) >= 11 is 0. The number of rotatable bonds is 6. The van der Waals surface area contributed by atoms with E-state index in [1.54, 1.807) is 31.2 Å². The van der Waals surface area contributed by atoms with Crippen LogP contribution in [0.3, 0.4) is 0 Å². The van der Waals surface area contributed by atoms with E-state index in [0.29, 0.717) is 11.5 Å². The van der Waals surface area contributed by atoms with Gasteiger partial charge in [0, 0.05) is 0 Å². The van der Waals surface area contributed by atoms with Crippen molar-refractivity contribution in [1.82, 2.24) is 0 Å². The summed E-state index contributed by atoms with van der Waals surface area (Å²) in [4.78, 5) is 11.8. The molecule has 0 aliphatic heterocycles. The number of aliphatic hydroxyl groups excluding tert-OH is 1. The molecule has 5 heteroatoms. The van der Waals surface area contributed by atoms with E-state index in [4.69, 9.17) is 14.2 Å². The van der Waals surface area contributed by atoms with E-state index in [-0.39, 0.29) is 6.61 Å². The number of methoxy groups -OCH3 is 1. The lowest BCUT2D eigenvalue weighted by atomic mass is 10.1. The lowest BCUT2D eigenvalue weighted by molar-refractivity contribution is -0.163. The number of carbonyl (C=O) groups is 1. The second-order valence-corrected chi connectivity index (χ2v) is 3.86. The molecule has 5 nitrogen and oxygen atoms in total. The Hall–Kier alpha value is -1.75. The molecule has 1 atom stereocenters. The predicted molar refractivity (Wildman–Crippen MR) is 65.7 cm³/mol. The van der Waals surface area contributed by atoms with Gasteiger partial charge in [-0.05, 0) is 26.0 Å². The number of aliphatic hydroxyl groups is 1. The normalized spacial score (nSPS) is 13.6. The van der Waals surface area contributed by atoms with Crippen molar-refractivity contribution in [2.24, 2.45) is 0 Å². The quantitative estimate of drug-likeness (QED) is 0.777. The number of esters is 1. The molecule has 0 aromatic heterocycles. The molecule has 0 bridgehead atoms. The van der Waals surface area contributed by atoms with Crippen molar-refractivity contribution in [2.45, 2.75) is 19.4 Å². The van der Waals surface area contributed by atoms with Gasteiger partial charge in [-0.25, -0.2) is 4.79 Å². The fraction of sp³-hybridized carbons (Fsp3) is 0.462. The molecule has 0 spiro atoms. The minimum Gasteiger partial charge on any atom is -0.493 e. The third-order valence-electron chi connectivity index (χ3n) is 2.41. The third-order valence-corrected chi connectivity index (χ3v) is 2.41. The van der Waals surface area contributed by atoms with E-state index >= 15 is 0 Å². The van der Waals surface area contributed by atoms with Gasteiger partial charge in [0.25, 0.3) is 0 Å². The molecule has 0 fully saturated rings. The zero-order valence-electron chi connectivity index (χ0n) is 10.8. The summed E-state index contributed by atoms with van der Waals surface area (Å²) in [5.74, 6) is 0.254. The maximum absolute atomic E-state index is 11.8. The Morgan fingerprint density at radius 3 is 2.44 bits per heavy atom.